The van der Waals surface area contributed by atoms with Crippen LogP contribution in [0.5, 0.6) is 0 Å². The summed E-state index contributed by atoms with van der Waals surface area (Å²) in [5.74, 6) is 0.953. The standard InChI is InChI=1S/C19H29NO/c1-4-18(21)19(14-15-20(2)3,17-12-8-9-13-17)16-10-6-5-7-11-16/h5-7,10-11,17H,4,8-9,12-15H2,1-3H3. The first-order chi connectivity index (χ1) is 10.1. The van der Waals surface area contributed by atoms with E-state index in [-0.39, 0.29) is 5.41 Å². The van der Waals surface area contributed by atoms with E-state index in [4.69, 9.17) is 0 Å². The minimum absolute atomic E-state index is 0.267. The minimum Gasteiger partial charge on any atom is -0.309 e. The maximum Gasteiger partial charge on any atom is 0.143 e. The minimum atomic E-state index is -0.267. The zero-order chi connectivity index (χ0) is 15.3. The smallest absolute Gasteiger partial charge is 0.143 e. The summed E-state index contributed by atoms with van der Waals surface area (Å²) >= 11 is 0. The molecule has 1 aromatic carbocycles. The molecular formula is C19H29NO. The van der Waals surface area contributed by atoms with Crippen LogP contribution < -0.4 is 0 Å². The monoisotopic (exact) mass is 287 g/mol. The molecule has 2 heteroatoms. The van der Waals surface area contributed by atoms with Crippen LogP contribution in [0.25, 0.3) is 0 Å². The van der Waals surface area contributed by atoms with Gasteiger partial charge in [0.05, 0.1) is 5.41 Å². The van der Waals surface area contributed by atoms with E-state index in [0.717, 1.165) is 13.0 Å². The third-order valence-corrected chi connectivity index (χ3v) is 5.11. The van der Waals surface area contributed by atoms with E-state index in [0.29, 0.717) is 18.1 Å². The molecule has 0 bridgehead atoms. The molecule has 1 aliphatic rings. The number of hydrogen-bond donors (Lipinski definition) is 0. The third-order valence-electron chi connectivity index (χ3n) is 5.11. The van der Waals surface area contributed by atoms with E-state index >= 15 is 0 Å². The van der Waals surface area contributed by atoms with Crippen molar-refractivity contribution < 1.29 is 4.79 Å². The summed E-state index contributed by atoms with van der Waals surface area (Å²) in [6, 6.07) is 10.5. The van der Waals surface area contributed by atoms with Crippen LogP contribution in [0.4, 0.5) is 0 Å². The fraction of sp³-hybridized carbons (Fsp3) is 0.632. The van der Waals surface area contributed by atoms with E-state index in [9.17, 15) is 4.79 Å². The molecule has 2 nitrogen and oxygen atoms in total. The number of rotatable bonds is 7. The zero-order valence-corrected chi connectivity index (χ0v) is 13.8. The Morgan fingerprint density at radius 1 is 1.19 bits per heavy atom. The number of benzene rings is 1. The lowest BCUT2D eigenvalue weighted by Crippen LogP contribution is -2.44. The first kappa shape index (κ1) is 16.2. The molecule has 0 amide bonds. The summed E-state index contributed by atoms with van der Waals surface area (Å²) in [5, 5.41) is 0. The molecule has 1 aliphatic carbocycles. The van der Waals surface area contributed by atoms with Gasteiger partial charge >= 0.3 is 0 Å². The number of nitrogens with zero attached hydrogens (tertiary/aromatic N) is 1. The van der Waals surface area contributed by atoms with Crippen molar-refractivity contribution in [2.75, 3.05) is 20.6 Å². The first-order valence-electron chi connectivity index (χ1n) is 8.34. The molecule has 1 saturated carbocycles. The lowest BCUT2D eigenvalue weighted by Gasteiger charge is -2.39. The Labute approximate surface area is 129 Å². The van der Waals surface area contributed by atoms with Gasteiger partial charge in [0.25, 0.3) is 0 Å². The molecule has 1 atom stereocenters. The largest absolute Gasteiger partial charge is 0.309 e. The maximum atomic E-state index is 13.0. The number of carbonyl (C=O) groups is 1. The SMILES string of the molecule is CCC(=O)C(CCN(C)C)(c1ccccc1)C1CCCC1. The highest BCUT2D eigenvalue weighted by atomic mass is 16.1. The van der Waals surface area contributed by atoms with Gasteiger partial charge < -0.3 is 4.90 Å². The van der Waals surface area contributed by atoms with E-state index < -0.39 is 0 Å². The molecule has 0 radical (unpaired) electrons. The molecule has 21 heavy (non-hydrogen) atoms. The fourth-order valence-corrected chi connectivity index (χ4v) is 3.98. The molecule has 0 aliphatic heterocycles. The van der Waals surface area contributed by atoms with Crippen LogP contribution in [0.3, 0.4) is 0 Å². The highest BCUT2D eigenvalue weighted by Crippen LogP contribution is 2.46. The van der Waals surface area contributed by atoms with E-state index in [1.54, 1.807) is 0 Å². The number of carbonyl (C=O) groups excluding carboxylic acids is 1. The Morgan fingerprint density at radius 2 is 1.81 bits per heavy atom. The van der Waals surface area contributed by atoms with Gasteiger partial charge in [-0.05, 0) is 51.4 Å². The van der Waals surface area contributed by atoms with Crippen molar-refractivity contribution in [3.05, 3.63) is 35.9 Å². The predicted octanol–water partition coefficient (Wildman–Crippen LogP) is 4.05. The van der Waals surface area contributed by atoms with Crippen LogP contribution in [0, 0.1) is 5.92 Å². The Morgan fingerprint density at radius 3 is 2.33 bits per heavy atom. The summed E-state index contributed by atoms with van der Waals surface area (Å²) in [5.41, 5.74) is 0.974. The second-order valence-corrected chi connectivity index (χ2v) is 6.65. The predicted molar refractivity (Wildman–Crippen MR) is 88.5 cm³/mol. The summed E-state index contributed by atoms with van der Waals surface area (Å²) in [4.78, 5) is 15.2. The summed E-state index contributed by atoms with van der Waals surface area (Å²) in [6.07, 6.45) is 6.54. The Balaban J connectivity index is 2.44. The van der Waals surface area contributed by atoms with Gasteiger partial charge in [-0.3, -0.25) is 4.79 Å². The van der Waals surface area contributed by atoms with Crippen molar-refractivity contribution in [3.8, 4) is 0 Å². The molecule has 0 N–H and O–H groups in total. The molecule has 0 spiro atoms. The molecule has 0 heterocycles. The second kappa shape index (κ2) is 7.22. The Bertz CT molecular complexity index is 448. The first-order valence-corrected chi connectivity index (χ1v) is 8.34. The van der Waals surface area contributed by atoms with Crippen LogP contribution in [0.15, 0.2) is 30.3 Å². The van der Waals surface area contributed by atoms with Crippen LogP contribution in [0.1, 0.15) is 51.0 Å². The molecule has 1 aromatic rings. The van der Waals surface area contributed by atoms with Gasteiger partial charge in [0.15, 0.2) is 0 Å². The molecule has 1 unspecified atom stereocenters. The summed E-state index contributed by atoms with van der Waals surface area (Å²) < 4.78 is 0. The van der Waals surface area contributed by atoms with Crippen LogP contribution in [-0.4, -0.2) is 31.3 Å². The van der Waals surface area contributed by atoms with Crippen molar-refractivity contribution in [2.45, 2.75) is 50.9 Å². The average Bonchev–Trinajstić information content (AvgIpc) is 3.03. The molecule has 1 fully saturated rings. The molecule has 0 aromatic heterocycles. The molecule has 116 valence electrons. The van der Waals surface area contributed by atoms with E-state index in [1.165, 1.54) is 31.2 Å². The Kier molecular flexibility index (Phi) is 5.58. The fourth-order valence-electron chi connectivity index (χ4n) is 3.98. The van der Waals surface area contributed by atoms with Gasteiger partial charge in [-0.25, -0.2) is 0 Å². The van der Waals surface area contributed by atoms with Crippen molar-refractivity contribution in [2.24, 2.45) is 5.92 Å². The van der Waals surface area contributed by atoms with Gasteiger partial charge in [0.2, 0.25) is 0 Å². The third kappa shape index (κ3) is 3.37. The number of Topliss-reactive ketones (excluding diaryl/α,β-unsaturated/α-hetero) is 1. The maximum absolute atomic E-state index is 13.0. The van der Waals surface area contributed by atoms with Crippen molar-refractivity contribution >= 4 is 5.78 Å². The summed E-state index contributed by atoms with van der Waals surface area (Å²) in [7, 11) is 4.20. The molecule has 2 rings (SSSR count). The van der Waals surface area contributed by atoms with E-state index in [1.807, 2.05) is 13.0 Å². The number of hydrogen-bond acceptors (Lipinski definition) is 2. The van der Waals surface area contributed by atoms with Crippen LogP contribution in [0.2, 0.25) is 0 Å². The van der Waals surface area contributed by atoms with Gasteiger partial charge in [-0.1, -0.05) is 50.1 Å². The lowest BCUT2D eigenvalue weighted by atomic mass is 9.64. The topological polar surface area (TPSA) is 20.3 Å². The highest BCUT2D eigenvalue weighted by Gasteiger charge is 2.46. The molecular weight excluding hydrogens is 258 g/mol. The van der Waals surface area contributed by atoms with Gasteiger partial charge in [-0.15, -0.1) is 0 Å². The second-order valence-electron chi connectivity index (χ2n) is 6.65. The highest BCUT2D eigenvalue weighted by molar-refractivity contribution is 5.90. The average molecular weight is 287 g/mol. The van der Waals surface area contributed by atoms with Crippen molar-refractivity contribution in [1.82, 2.24) is 4.90 Å². The van der Waals surface area contributed by atoms with Crippen LogP contribution >= 0.6 is 0 Å². The molecule has 0 saturated heterocycles. The van der Waals surface area contributed by atoms with Gasteiger partial charge in [0, 0.05) is 6.42 Å². The summed E-state index contributed by atoms with van der Waals surface area (Å²) in [6.45, 7) is 2.99. The van der Waals surface area contributed by atoms with Crippen molar-refractivity contribution in [1.29, 1.82) is 0 Å². The lowest BCUT2D eigenvalue weighted by molar-refractivity contribution is -0.127. The van der Waals surface area contributed by atoms with Gasteiger partial charge in [0.1, 0.15) is 5.78 Å². The Hall–Kier alpha value is -1.15. The number of ketones is 1. The normalized spacial score (nSPS) is 18.9. The van der Waals surface area contributed by atoms with E-state index in [2.05, 4.69) is 43.3 Å². The van der Waals surface area contributed by atoms with Crippen molar-refractivity contribution in [3.63, 3.8) is 0 Å². The van der Waals surface area contributed by atoms with Gasteiger partial charge in [-0.2, -0.15) is 0 Å². The zero-order valence-electron chi connectivity index (χ0n) is 13.8. The quantitative estimate of drug-likeness (QED) is 0.754. The van der Waals surface area contributed by atoms with Crippen LogP contribution in [-0.2, 0) is 10.2 Å².